The van der Waals surface area contributed by atoms with E-state index in [0.717, 1.165) is 29.9 Å². The van der Waals surface area contributed by atoms with Gasteiger partial charge in [-0.3, -0.25) is 14.5 Å². The third-order valence-corrected chi connectivity index (χ3v) is 3.99. The first-order valence-corrected chi connectivity index (χ1v) is 7.93. The van der Waals surface area contributed by atoms with Gasteiger partial charge in [-0.05, 0) is 37.7 Å². The van der Waals surface area contributed by atoms with Crippen molar-refractivity contribution in [2.75, 3.05) is 26.2 Å². The van der Waals surface area contributed by atoms with Crippen molar-refractivity contribution in [2.24, 2.45) is 0 Å². The average molecular weight is 317 g/mol. The van der Waals surface area contributed by atoms with Crippen LogP contribution in [0.15, 0.2) is 27.5 Å². The normalized spacial score (nSPS) is 11.1. The van der Waals surface area contributed by atoms with E-state index in [1.54, 1.807) is 6.07 Å². The van der Waals surface area contributed by atoms with Crippen molar-refractivity contribution >= 4 is 5.91 Å². The summed E-state index contributed by atoms with van der Waals surface area (Å²) in [7, 11) is 0. The van der Waals surface area contributed by atoms with Gasteiger partial charge in [0.05, 0.1) is 12.2 Å². The number of aromatic nitrogens is 1. The van der Waals surface area contributed by atoms with E-state index in [2.05, 4.69) is 15.4 Å². The predicted molar refractivity (Wildman–Crippen MR) is 88.6 cm³/mol. The molecule has 1 amide bonds. The van der Waals surface area contributed by atoms with Crippen LogP contribution in [0, 0.1) is 6.92 Å². The molecule has 0 aromatic rings. The maximum Gasteiger partial charge on any atom is 0.234 e. The number of benzene rings is 1. The zero-order valence-electron chi connectivity index (χ0n) is 13.9. The van der Waals surface area contributed by atoms with Crippen molar-refractivity contribution < 1.29 is 9.32 Å². The molecule has 1 heterocycles. The minimum atomic E-state index is -0.0983. The van der Waals surface area contributed by atoms with Crippen molar-refractivity contribution in [1.82, 2.24) is 15.4 Å². The fraction of sp³-hybridized carbons (Fsp3) is 0.471. The van der Waals surface area contributed by atoms with E-state index in [4.69, 9.17) is 4.52 Å². The van der Waals surface area contributed by atoms with Gasteiger partial charge in [-0.15, -0.1) is 0 Å². The lowest BCUT2D eigenvalue weighted by Gasteiger charge is -2.17. The Labute approximate surface area is 135 Å². The van der Waals surface area contributed by atoms with Crippen LogP contribution in [0.1, 0.15) is 25.1 Å². The summed E-state index contributed by atoms with van der Waals surface area (Å²) < 4.78 is 5.29. The van der Waals surface area contributed by atoms with Gasteiger partial charge in [-0.25, -0.2) is 0 Å². The number of nitrogens with zero attached hydrogens (tertiary/aromatic N) is 2. The van der Waals surface area contributed by atoms with Crippen LogP contribution in [-0.2, 0) is 11.2 Å². The topological polar surface area (TPSA) is 75.4 Å². The second-order valence-electron chi connectivity index (χ2n) is 5.47. The Balaban J connectivity index is 1.97. The molecule has 124 valence electrons. The van der Waals surface area contributed by atoms with Crippen LogP contribution < -0.4 is 10.7 Å². The predicted octanol–water partition coefficient (Wildman–Crippen LogP) is 1.45. The summed E-state index contributed by atoms with van der Waals surface area (Å²) in [4.78, 5) is 25.3. The summed E-state index contributed by atoms with van der Waals surface area (Å²) in [6.45, 7) is 8.65. The Morgan fingerprint density at radius 2 is 2.04 bits per heavy atom. The Morgan fingerprint density at radius 1 is 1.30 bits per heavy atom. The number of nitrogens with one attached hydrogen (secondary N) is 1. The van der Waals surface area contributed by atoms with Gasteiger partial charge in [0.25, 0.3) is 0 Å². The van der Waals surface area contributed by atoms with Gasteiger partial charge < -0.3 is 9.84 Å². The van der Waals surface area contributed by atoms with E-state index in [9.17, 15) is 9.59 Å². The largest absolute Gasteiger partial charge is 0.356 e. The van der Waals surface area contributed by atoms with Gasteiger partial charge in [0.1, 0.15) is 0 Å². The van der Waals surface area contributed by atoms with E-state index in [1.807, 2.05) is 20.8 Å². The molecule has 0 radical (unpaired) electrons. The molecule has 1 aliphatic carbocycles. The van der Waals surface area contributed by atoms with Crippen molar-refractivity contribution in [3.63, 3.8) is 0 Å². The lowest BCUT2D eigenvalue weighted by Crippen LogP contribution is -2.37. The Bertz CT molecular complexity index is 692. The van der Waals surface area contributed by atoms with Crippen LogP contribution in [0.4, 0.5) is 0 Å². The van der Waals surface area contributed by atoms with Crippen LogP contribution in [0.5, 0.6) is 0 Å². The van der Waals surface area contributed by atoms with Gasteiger partial charge in [0.15, 0.2) is 11.2 Å². The van der Waals surface area contributed by atoms with Gasteiger partial charge in [-0.2, -0.15) is 0 Å². The highest BCUT2D eigenvalue weighted by Gasteiger charge is 2.14. The number of carbonyl (C=O) groups excluding carboxylic acids is 1. The molecule has 0 saturated heterocycles. The van der Waals surface area contributed by atoms with Gasteiger partial charge in [-0.1, -0.05) is 19.0 Å². The molecule has 0 atom stereocenters. The molecule has 0 spiro atoms. The first-order chi connectivity index (χ1) is 11.0. The molecule has 1 aliphatic heterocycles. The third kappa shape index (κ3) is 4.39. The lowest BCUT2D eigenvalue weighted by molar-refractivity contribution is -0.122. The smallest absolute Gasteiger partial charge is 0.234 e. The molecule has 0 aromatic heterocycles. The highest BCUT2D eigenvalue weighted by Crippen LogP contribution is 2.24. The summed E-state index contributed by atoms with van der Waals surface area (Å²) in [5.74, 6) is 0.504. The fourth-order valence-electron chi connectivity index (χ4n) is 2.48. The summed E-state index contributed by atoms with van der Waals surface area (Å²) in [6, 6.07) is 4.70. The zero-order chi connectivity index (χ0) is 16.8. The van der Waals surface area contributed by atoms with E-state index in [0.29, 0.717) is 25.3 Å². The van der Waals surface area contributed by atoms with Gasteiger partial charge in [0.2, 0.25) is 5.91 Å². The first kappa shape index (κ1) is 17.1. The minimum Gasteiger partial charge on any atom is -0.356 e. The SMILES string of the molecule is CCN(CC)CC(=O)NCCc1noc2cc(=O)ccc-2c1C. The molecule has 2 rings (SSSR count). The summed E-state index contributed by atoms with van der Waals surface area (Å²) in [6.07, 6.45) is 0.592. The number of likely N-dealkylation sites (N-methyl/N-ethyl adjacent to an activating group) is 1. The quantitative estimate of drug-likeness (QED) is 0.836. The van der Waals surface area contributed by atoms with Crippen LogP contribution in [0.25, 0.3) is 11.3 Å². The summed E-state index contributed by atoms with van der Waals surface area (Å²) in [5, 5.41) is 6.96. The second kappa shape index (κ2) is 7.87. The number of amides is 1. The minimum absolute atomic E-state index is 0.0140. The molecule has 0 saturated carbocycles. The second-order valence-corrected chi connectivity index (χ2v) is 5.47. The van der Waals surface area contributed by atoms with Crippen molar-refractivity contribution in [1.29, 1.82) is 0 Å². The summed E-state index contributed by atoms with van der Waals surface area (Å²) >= 11 is 0. The molecule has 0 aromatic carbocycles. The molecule has 2 aliphatic rings. The van der Waals surface area contributed by atoms with E-state index in [1.165, 1.54) is 12.1 Å². The number of fused-ring (bicyclic) bond motifs is 1. The molecule has 0 bridgehead atoms. The Kier molecular flexibility index (Phi) is 5.87. The number of rotatable bonds is 7. The van der Waals surface area contributed by atoms with Crippen molar-refractivity contribution in [3.05, 3.63) is 39.7 Å². The van der Waals surface area contributed by atoms with Crippen LogP contribution in [0.3, 0.4) is 0 Å². The van der Waals surface area contributed by atoms with Crippen LogP contribution in [0.2, 0.25) is 0 Å². The number of hydrogen-bond donors (Lipinski definition) is 1. The molecule has 0 fully saturated rings. The summed E-state index contributed by atoms with van der Waals surface area (Å²) in [5.41, 5.74) is 2.55. The van der Waals surface area contributed by atoms with Crippen LogP contribution in [-0.4, -0.2) is 42.1 Å². The monoisotopic (exact) mass is 317 g/mol. The van der Waals surface area contributed by atoms with E-state index >= 15 is 0 Å². The Morgan fingerprint density at radius 3 is 2.74 bits per heavy atom. The van der Waals surface area contributed by atoms with Crippen LogP contribution >= 0.6 is 0 Å². The average Bonchev–Trinajstić information content (AvgIpc) is 2.54. The van der Waals surface area contributed by atoms with Gasteiger partial charge in [0, 0.05) is 24.6 Å². The third-order valence-electron chi connectivity index (χ3n) is 3.99. The number of hydrogen-bond acceptors (Lipinski definition) is 5. The van der Waals surface area contributed by atoms with E-state index < -0.39 is 0 Å². The number of carbonyl (C=O) groups is 1. The van der Waals surface area contributed by atoms with Crippen molar-refractivity contribution in [2.45, 2.75) is 27.2 Å². The standard InChI is InChI=1S/C17H23N3O3/c1-4-20(5-2)11-17(22)18-9-8-15-12(3)14-7-6-13(21)10-16(14)23-19-15/h6-7,10H,4-5,8-9,11H2,1-3H3,(H,18,22). The highest BCUT2D eigenvalue weighted by atomic mass is 16.5. The fourth-order valence-corrected chi connectivity index (χ4v) is 2.48. The highest BCUT2D eigenvalue weighted by molar-refractivity contribution is 5.78. The maximum atomic E-state index is 11.9. The lowest BCUT2D eigenvalue weighted by atomic mass is 10.0. The zero-order valence-corrected chi connectivity index (χ0v) is 13.9. The molecule has 1 N–H and O–H groups in total. The maximum absolute atomic E-state index is 11.9. The molecule has 6 heteroatoms. The molecule has 23 heavy (non-hydrogen) atoms. The van der Waals surface area contributed by atoms with E-state index in [-0.39, 0.29) is 11.3 Å². The molecule has 6 nitrogen and oxygen atoms in total. The van der Waals surface area contributed by atoms with Crippen molar-refractivity contribution in [3.8, 4) is 11.3 Å². The first-order valence-electron chi connectivity index (χ1n) is 7.93. The molecular formula is C17H23N3O3. The molecule has 0 unspecified atom stereocenters. The molecular weight excluding hydrogens is 294 g/mol. The Hall–Kier alpha value is -2.21. The van der Waals surface area contributed by atoms with Gasteiger partial charge >= 0.3 is 0 Å².